The third kappa shape index (κ3) is 6.30. The fourth-order valence-corrected chi connectivity index (χ4v) is 5.36. The van der Waals surface area contributed by atoms with Crippen LogP contribution in [0, 0.1) is 0 Å². The Bertz CT molecular complexity index is 1130. The van der Waals surface area contributed by atoms with Gasteiger partial charge in [0.2, 0.25) is 0 Å². The zero-order chi connectivity index (χ0) is 22.6. The molecule has 1 saturated heterocycles. The van der Waals surface area contributed by atoms with Gasteiger partial charge in [-0.05, 0) is 54.8 Å². The number of sulfone groups is 2. The number of piperidine rings is 1. The summed E-state index contributed by atoms with van der Waals surface area (Å²) in [5, 5.41) is 3.04. The van der Waals surface area contributed by atoms with Crippen LogP contribution < -0.4 is 10.2 Å². The van der Waals surface area contributed by atoms with Gasteiger partial charge in [0.1, 0.15) is 0 Å². The summed E-state index contributed by atoms with van der Waals surface area (Å²) in [6.45, 7) is 3.13. The lowest BCUT2D eigenvalue weighted by atomic mass is 10.0. The third-order valence-corrected chi connectivity index (χ3v) is 8.00. The molecule has 3 rings (SSSR count). The van der Waals surface area contributed by atoms with Crippen LogP contribution in [-0.4, -0.2) is 53.9 Å². The highest BCUT2D eigenvalue weighted by atomic mass is 32.2. The SMILES string of the molecule is CCS(=O)(=O)c1ccc(N2CCC(NC(=O)c3cccc(CS(C)(=O)=O)c3)CC2)cc1. The second kappa shape index (κ2) is 9.40. The molecule has 9 heteroatoms. The molecule has 0 bridgehead atoms. The molecular weight excluding hydrogens is 436 g/mol. The fraction of sp³-hybridized carbons (Fsp3) is 0.409. The molecule has 168 valence electrons. The van der Waals surface area contributed by atoms with Gasteiger partial charge in [-0.1, -0.05) is 19.1 Å². The molecule has 2 aromatic rings. The Morgan fingerprint density at radius 2 is 1.68 bits per heavy atom. The number of anilines is 1. The standard InChI is InChI=1S/C22H28N2O5S2/c1-3-31(28,29)21-9-7-20(8-10-21)24-13-11-19(12-14-24)23-22(25)18-6-4-5-17(15-18)16-30(2,26)27/h4-10,15,19H,3,11-14,16H2,1-2H3,(H,23,25). The molecule has 0 aliphatic carbocycles. The van der Waals surface area contributed by atoms with Crippen molar-refractivity contribution in [3.05, 3.63) is 59.7 Å². The molecule has 0 saturated carbocycles. The zero-order valence-corrected chi connectivity index (χ0v) is 19.4. The van der Waals surface area contributed by atoms with Crippen LogP contribution in [0.4, 0.5) is 5.69 Å². The van der Waals surface area contributed by atoms with E-state index >= 15 is 0 Å². The molecule has 31 heavy (non-hydrogen) atoms. The summed E-state index contributed by atoms with van der Waals surface area (Å²) in [6.07, 6.45) is 2.71. The molecule has 0 unspecified atom stereocenters. The summed E-state index contributed by atoms with van der Waals surface area (Å²) in [5.41, 5.74) is 2.02. The van der Waals surface area contributed by atoms with Crippen LogP contribution >= 0.6 is 0 Å². The van der Waals surface area contributed by atoms with Crippen LogP contribution in [0.1, 0.15) is 35.7 Å². The Morgan fingerprint density at radius 1 is 1.03 bits per heavy atom. The number of hydrogen-bond donors (Lipinski definition) is 1. The number of rotatable bonds is 7. The number of nitrogens with zero attached hydrogens (tertiary/aromatic N) is 1. The Hall–Kier alpha value is -2.39. The largest absolute Gasteiger partial charge is 0.371 e. The first-order valence-electron chi connectivity index (χ1n) is 10.2. The van der Waals surface area contributed by atoms with Crippen molar-refractivity contribution in [1.29, 1.82) is 0 Å². The Kier molecular flexibility index (Phi) is 7.06. The summed E-state index contributed by atoms with van der Waals surface area (Å²) in [5.74, 6) is -0.220. The molecule has 0 atom stereocenters. The van der Waals surface area contributed by atoms with Gasteiger partial charge in [0.15, 0.2) is 19.7 Å². The van der Waals surface area contributed by atoms with Gasteiger partial charge in [0, 0.05) is 36.6 Å². The quantitative estimate of drug-likeness (QED) is 0.675. The van der Waals surface area contributed by atoms with Crippen LogP contribution in [0.3, 0.4) is 0 Å². The van der Waals surface area contributed by atoms with Crippen LogP contribution in [0.15, 0.2) is 53.4 Å². The van der Waals surface area contributed by atoms with Gasteiger partial charge in [0.25, 0.3) is 5.91 Å². The van der Waals surface area contributed by atoms with Crippen molar-refractivity contribution in [3.8, 4) is 0 Å². The van der Waals surface area contributed by atoms with Crippen molar-refractivity contribution in [1.82, 2.24) is 5.32 Å². The van der Waals surface area contributed by atoms with Gasteiger partial charge in [-0.2, -0.15) is 0 Å². The summed E-state index contributed by atoms with van der Waals surface area (Å²) >= 11 is 0. The maximum atomic E-state index is 12.6. The Labute approximate surface area is 184 Å². The van der Waals surface area contributed by atoms with E-state index in [2.05, 4.69) is 10.2 Å². The predicted molar refractivity (Wildman–Crippen MR) is 122 cm³/mol. The summed E-state index contributed by atoms with van der Waals surface area (Å²) in [4.78, 5) is 15.1. The van der Waals surface area contributed by atoms with E-state index in [1.54, 1.807) is 43.3 Å². The molecule has 1 fully saturated rings. The zero-order valence-electron chi connectivity index (χ0n) is 17.7. The lowest BCUT2D eigenvalue weighted by molar-refractivity contribution is 0.0931. The number of hydrogen-bond acceptors (Lipinski definition) is 6. The van der Waals surface area contributed by atoms with Gasteiger partial charge >= 0.3 is 0 Å². The molecule has 1 aliphatic rings. The van der Waals surface area contributed by atoms with Crippen molar-refractivity contribution in [3.63, 3.8) is 0 Å². The molecule has 0 aromatic heterocycles. The second-order valence-electron chi connectivity index (χ2n) is 7.90. The van der Waals surface area contributed by atoms with Gasteiger partial charge in [-0.15, -0.1) is 0 Å². The first kappa shape index (κ1) is 23.3. The van der Waals surface area contributed by atoms with E-state index in [1.807, 2.05) is 12.1 Å². The van der Waals surface area contributed by atoms with Crippen LogP contribution in [0.5, 0.6) is 0 Å². The van der Waals surface area contributed by atoms with Crippen LogP contribution in [0.2, 0.25) is 0 Å². The molecule has 7 nitrogen and oxygen atoms in total. The van der Waals surface area contributed by atoms with Crippen molar-refractivity contribution in [2.45, 2.75) is 36.5 Å². The highest BCUT2D eigenvalue weighted by Gasteiger charge is 2.22. The fourth-order valence-electron chi connectivity index (χ4n) is 3.69. The highest BCUT2D eigenvalue weighted by molar-refractivity contribution is 7.91. The Balaban J connectivity index is 1.57. The summed E-state index contributed by atoms with van der Waals surface area (Å²) < 4.78 is 46.9. The van der Waals surface area contributed by atoms with E-state index in [-0.39, 0.29) is 23.5 Å². The minimum Gasteiger partial charge on any atom is -0.371 e. The minimum absolute atomic E-state index is 0.0297. The molecule has 1 aliphatic heterocycles. The molecule has 1 amide bonds. The highest BCUT2D eigenvalue weighted by Crippen LogP contribution is 2.23. The predicted octanol–water partition coefficient (Wildman–Crippen LogP) is 2.42. The number of nitrogens with one attached hydrogen (secondary N) is 1. The molecule has 0 spiro atoms. The number of carbonyl (C=O) groups excluding carboxylic acids is 1. The van der Waals surface area contributed by atoms with E-state index < -0.39 is 19.7 Å². The number of amides is 1. The lowest BCUT2D eigenvalue weighted by Gasteiger charge is -2.34. The van der Waals surface area contributed by atoms with E-state index in [1.165, 1.54) is 6.26 Å². The summed E-state index contributed by atoms with van der Waals surface area (Å²) in [6, 6.07) is 13.7. The van der Waals surface area contributed by atoms with Crippen molar-refractivity contribution in [2.24, 2.45) is 0 Å². The molecule has 0 radical (unpaired) electrons. The first-order chi connectivity index (χ1) is 14.6. The minimum atomic E-state index is -3.21. The van der Waals surface area contributed by atoms with E-state index in [0.29, 0.717) is 16.0 Å². The van der Waals surface area contributed by atoms with Gasteiger partial charge < -0.3 is 10.2 Å². The van der Waals surface area contributed by atoms with E-state index in [4.69, 9.17) is 0 Å². The monoisotopic (exact) mass is 464 g/mol. The molecular formula is C22H28N2O5S2. The first-order valence-corrected chi connectivity index (χ1v) is 13.9. The lowest BCUT2D eigenvalue weighted by Crippen LogP contribution is -2.44. The van der Waals surface area contributed by atoms with E-state index in [9.17, 15) is 21.6 Å². The van der Waals surface area contributed by atoms with Crippen molar-refractivity contribution < 1.29 is 21.6 Å². The number of benzene rings is 2. The molecule has 1 heterocycles. The molecule has 2 aromatic carbocycles. The van der Waals surface area contributed by atoms with Gasteiger partial charge in [0.05, 0.1) is 16.4 Å². The van der Waals surface area contributed by atoms with Crippen molar-refractivity contribution in [2.75, 3.05) is 30.0 Å². The van der Waals surface area contributed by atoms with Gasteiger partial charge in [-0.3, -0.25) is 4.79 Å². The third-order valence-electron chi connectivity index (χ3n) is 5.39. The average molecular weight is 465 g/mol. The molecule has 1 N–H and O–H groups in total. The Morgan fingerprint density at radius 3 is 2.26 bits per heavy atom. The topological polar surface area (TPSA) is 101 Å². The van der Waals surface area contributed by atoms with E-state index in [0.717, 1.165) is 31.6 Å². The van der Waals surface area contributed by atoms with Gasteiger partial charge in [-0.25, -0.2) is 16.8 Å². The van der Waals surface area contributed by atoms with Crippen molar-refractivity contribution >= 4 is 31.3 Å². The second-order valence-corrected chi connectivity index (χ2v) is 12.3. The normalized spacial score (nSPS) is 15.6. The van der Waals surface area contributed by atoms with Crippen LogP contribution in [0.25, 0.3) is 0 Å². The van der Waals surface area contributed by atoms with Crippen LogP contribution in [-0.2, 0) is 25.4 Å². The summed E-state index contributed by atoms with van der Waals surface area (Å²) in [7, 11) is -6.37. The number of carbonyl (C=O) groups is 1. The smallest absolute Gasteiger partial charge is 0.251 e. The maximum absolute atomic E-state index is 12.6. The average Bonchev–Trinajstić information content (AvgIpc) is 2.73. The maximum Gasteiger partial charge on any atom is 0.251 e.